The summed E-state index contributed by atoms with van der Waals surface area (Å²) in [6.45, 7) is 1.07. The molecule has 2 aromatic carbocycles. The van der Waals surface area contributed by atoms with Gasteiger partial charge in [0.2, 0.25) is 6.79 Å². The number of rotatable bonds is 5. The topological polar surface area (TPSA) is 60.6 Å². The number of aromatic nitrogens is 2. The molecule has 0 unspecified atom stereocenters. The maximum Gasteiger partial charge on any atom is 0.231 e. The summed E-state index contributed by atoms with van der Waals surface area (Å²) in [6, 6.07) is 16.1. The number of nitrogens with zero attached hydrogens (tertiary/aromatic N) is 3. The molecule has 0 saturated carbocycles. The largest absolute Gasteiger partial charge is 0.469 e. The van der Waals surface area contributed by atoms with Crippen LogP contribution in [0.15, 0.2) is 65.5 Å². The van der Waals surface area contributed by atoms with Gasteiger partial charge >= 0.3 is 0 Å². The van der Waals surface area contributed by atoms with E-state index in [1.165, 1.54) is 0 Å². The summed E-state index contributed by atoms with van der Waals surface area (Å²) < 4.78 is 16.4. The highest BCUT2D eigenvalue weighted by atomic mass is 16.7. The molecule has 6 heteroatoms. The first kappa shape index (κ1) is 16.6. The maximum atomic E-state index is 5.51. The number of benzene rings is 2. The quantitative estimate of drug-likeness (QED) is 0.520. The van der Waals surface area contributed by atoms with Crippen molar-refractivity contribution in [1.82, 2.24) is 9.97 Å². The zero-order valence-corrected chi connectivity index (χ0v) is 15.5. The van der Waals surface area contributed by atoms with Gasteiger partial charge in [0.05, 0.1) is 11.8 Å². The van der Waals surface area contributed by atoms with Crippen molar-refractivity contribution in [1.29, 1.82) is 0 Å². The van der Waals surface area contributed by atoms with E-state index in [0.717, 1.165) is 58.1 Å². The maximum absolute atomic E-state index is 5.51. The van der Waals surface area contributed by atoms with Gasteiger partial charge in [-0.15, -0.1) is 0 Å². The fourth-order valence-corrected chi connectivity index (χ4v) is 3.44. The Kier molecular flexibility index (Phi) is 4.09. The molecule has 0 atom stereocenters. The first-order valence-corrected chi connectivity index (χ1v) is 9.16. The predicted molar refractivity (Wildman–Crippen MR) is 107 cm³/mol. The van der Waals surface area contributed by atoms with E-state index in [0.29, 0.717) is 0 Å². The van der Waals surface area contributed by atoms with Gasteiger partial charge in [0.15, 0.2) is 11.5 Å². The molecule has 6 nitrogen and oxygen atoms in total. The van der Waals surface area contributed by atoms with Crippen molar-refractivity contribution in [3.63, 3.8) is 0 Å². The molecule has 0 saturated heterocycles. The summed E-state index contributed by atoms with van der Waals surface area (Å²) in [4.78, 5) is 11.1. The third-order valence-electron chi connectivity index (χ3n) is 4.96. The SMILES string of the molecule is CN(CCc1ccco1)c1ncnc2ccc(-c3ccc4c(c3)OCO4)cc12. The molecule has 0 radical (unpaired) electrons. The van der Waals surface area contributed by atoms with E-state index in [2.05, 4.69) is 27.0 Å². The van der Waals surface area contributed by atoms with Crippen LogP contribution in [0.25, 0.3) is 22.0 Å². The predicted octanol–water partition coefficient (Wildman–Crippen LogP) is 4.30. The number of hydrogen-bond acceptors (Lipinski definition) is 6. The van der Waals surface area contributed by atoms with Crippen LogP contribution in [0.2, 0.25) is 0 Å². The molecule has 1 aliphatic heterocycles. The Balaban J connectivity index is 1.49. The van der Waals surface area contributed by atoms with E-state index < -0.39 is 0 Å². The number of hydrogen-bond donors (Lipinski definition) is 0. The third-order valence-corrected chi connectivity index (χ3v) is 4.96. The highest BCUT2D eigenvalue weighted by molar-refractivity contribution is 5.93. The van der Waals surface area contributed by atoms with Crippen LogP contribution >= 0.6 is 0 Å². The van der Waals surface area contributed by atoms with Gasteiger partial charge in [-0.1, -0.05) is 12.1 Å². The number of ether oxygens (including phenoxy) is 2. The van der Waals surface area contributed by atoms with Gasteiger partial charge in [-0.25, -0.2) is 9.97 Å². The van der Waals surface area contributed by atoms with Gasteiger partial charge in [-0.3, -0.25) is 0 Å². The van der Waals surface area contributed by atoms with Gasteiger partial charge in [-0.2, -0.15) is 0 Å². The summed E-state index contributed by atoms with van der Waals surface area (Å²) in [6.07, 6.45) is 4.13. The van der Waals surface area contributed by atoms with Gasteiger partial charge < -0.3 is 18.8 Å². The number of fused-ring (bicyclic) bond motifs is 2. The summed E-state index contributed by atoms with van der Waals surface area (Å²) in [7, 11) is 2.04. The van der Waals surface area contributed by atoms with Crippen molar-refractivity contribution in [3.8, 4) is 22.6 Å². The van der Waals surface area contributed by atoms with Crippen LogP contribution in [0.1, 0.15) is 5.76 Å². The number of likely N-dealkylation sites (N-methyl/N-ethyl adjacent to an activating group) is 1. The van der Waals surface area contributed by atoms with Crippen molar-refractivity contribution in [2.24, 2.45) is 0 Å². The van der Waals surface area contributed by atoms with E-state index >= 15 is 0 Å². The highest BCUT2D eigenvalue weighted by Crippen LogP contribution is 2.37. The molecule has 0 spiro atoms. The lowest BCUT2D eigenvalue weighted by Crippen LogP contribution is -2.21. The lowest BCUT2D eigenvalue weighted by Gasteiger charge is -2.19. The molecule has 0 aliphatic carbocycles. The molecule has 1 aliphatic rings. The third kappa shape index (κ3) is 3.03. The van der Waals surface area contributed by atoms with Crippen LogP contribution in [0.4, 0.5) is 5.82 Å². The van der Waals surface area contributed by atoms with Gasteiger partial charge in [-0.05, 0) is 47.5 Å². The molecule has 5 rings (SSSR count). The van der Waals surface area contributed by atoms with Crippen LogP contribution in [0.3, 0.4) is 0 Å². The Morgan fingerprint density at radius 3 is 2.71 bits per heavy atom. The van der Waals surface area contributed by atoms with E-state index in [4.69, 9.17) is 13.9 Å². The Morgan fingerprint density at radius 2 is 1.82 bits per heavy atom. The van der Waals surface area contributed by atoms with Crippen LogP contribution < -0.4 is 14.4 Å². The first-order valence-electron chi connectivity index (χ1n) is 9.16. The fraction of sp³-hybridized carbons (Fsp3) is 0.182. The smallest absolute Gasteiger partial charge is 0.231 e. The standard InChI is InChI=1S/C22H19N3O3/c1-25(9-8-17-3-2-10-26-17)22-18-11-15(4-6-19(18)23-13-24-22)16-5-7-20-21(12-16)28-14-27-20/h2-7,10-13H,8-9,14H2,1H3. The second-order valence-electron chi connectivity index (χ2n) is 6.75. The average Bonchev–Trinajstić information content (AvgIpc) is 3.42. The molecule has 0 amide bonds. The van der Waals surface area contributed by atoms with Crippen molar-refractivity contribution < 1.29 is 13.9 Å². The van der Waals surface area contributed by atoms with E-state index in [-0.39, 0.29) is 6.79 Å². The second kappa shape index (κ2) is 6.88. The normalized spacial score (nSPS) is 12.5. The lowest BCUT2D eigenvalue weighted by atomic mass is 10.0. The summed E-state index contributed by atoms with van der Waals surface area (Å²) in [5.74, 6) is 3.43. The van der Waals surface area contributed by atoms with Crippen molar-refractivity contribution in [2.45, 2.75) is 6.42 Å². The molecule has 0 bridgehead atoms. The zero-order valence-electron chi connectivity index (χ0n) is 15.5. The minimum absolute atomic E-state index is 0.273. The van der Waals surface area contributed by atoms with Gasteiger partial charge in [0.1, 0.15) is 17.9 Å². The monoisotopic (exact) mass is 373 g/mol. The lowest BCUT2D eigenvalue weighted by molar-refractivity contribution is 0.174. The molecule has 2 aromatic heterocycles. The summed E-state index contributed by atoms with van der Waals surface area (Å²) in [5, 5.41) is 1.01. The Labute approximate surface area is 162 Å². The van der Waals surface area contributed by atoms with Gasteiger partial charge in [0, 0.05) is 25.4 Å². The number of furan rings is 1. The Bertz CT molecular complexity index is 1130. The second-order valence-corrected chi connectivity index (χ2v) is 6.75. The molecular formula is C22H19N3O3. The molecular weight excluding hydrogens is 354 g/mol. The fourth-order valence-electron chi connectivity index (χ4n) is 3.44. The van der Waals surface area contributed by atoms with Gasteiger partial charge in [0.25, 0.3) is 0 Å². The summed E-state index contributed by atoms with van der Waals surface area (Å²) in [5.41, 5.74) is 3.07. The van der Waals surface area contributed by atoms with Crippen molar-refractivity contribution in [2.75, 3.05) is 25.3 Å². The molecule has 0 fully saturated rings. The minimum atomic E-state index is 0.273. The molecule has 3 heterocycles. The van der Waals surface area contributed by atoms with E-state index in [1.807, 2.05) is 43.4 Å². The van der Waals surface area contributed by atoms with Crippen LogP contribution in [-0.4, -0.2) is 30.4 Å². The van der Waals surface area contributed by atoms with Crippen molar-refractivity contribution >= 4 is 16.7 Å². The molecule has 0 N–H and O–H groups in total. The Hall–Kier alpha value is -3.54. The van der Waals surface area contributed by atoms with Crippen LogP contribution in [0, 0.1) is 0 Å². The van der Waals surface area contributed by atoms with Crippen LogP contribution in [0.5, 0.6) is 11.5 Å². The summed E-state index contributed by atoms with van der Waals surface area (Å²) >= 11 is 0. The average molecular weight is 373 g/mol. The highest BCUT2D eigenvalue weighted by Gasteiger charge is 2.15. The zero-order chi connectivity index (χ0) is 18.9. The molecule has 4 aromatic rings. The first-order chi connectivity index (χ1) is 13.8. The van der Waals surface area contributed by atoms with E-state index in [1.54, 1.807) is 12.6 Å². The molecule has 140 valence electrons. The minimum Gasteiger partial charge on any atom is -0.469 e. The Morgan fingerprint density at radius 1 is 0.964 bits per heavy atom. The van der Waals surface area contributed by atoms with Crippen molar-refractivity contribution in [3.05, 3.63) is 66.9 Å². The number of anilines is 1. The van der Waals surface area contributed by atoms with Crippen LogP contribution in [-0.2, 0) is 6.42 Å². The molecule has 28 heavy (non-hydrogen) atoms. The van der Waals surface area contributed by atoms with E-state index in [9.17, 15) is 0 Å².